The lowest BCUT2D eigenvalue weighted by molar-refractivity contribution is 0.172. The van der Waals surface area contributed by atoms with Crippen LogP contribution in [0.3, 0.4) is 0 Å². The van der Waals surface area contributed by atoms with Crippen LogP contribution in [0.25, 0.3) is 0 Å². The van der Waals surface area contributed by atoms with Gasteiger partial charge in [0.2, 0.25) is 0 Å². The molecular formula is C19H24N2O3. The summed E-state index contributed by atoms with van der Waals surface area (Å²) in [7, 11) is 0. The van der Waals surface area contributed by atoms with Crippen LogP contribution in [0.15, 0.2) is 54.6 Å². The summed E-state index contributed by atoms with van der Waals surface area (Å²) in [4.78, 5) is 12.2. The van der Waals surface area contributed by atoms with Gasteiger partial charge in [-0.3, -0.25) is 0 Å². The molecule has 5 heteroatoms. The van der Waals surface area contributed by atoms with Crippen molar-refractivity contribution in [3.63, 3.8) is 0 Å². The third kappa shape index (κ3) is 4.99. The summed E-state index contributed by atoms with van der Waals surface area (Å²) in [5, 5.41) is 15.0. The molecule has 0 spiro atoms. The zero-order valence-corrected chi connectivity index (χ0v) is 14.1. The maximum atomic E-state index is 12.2. The maximum absolute atomic E-state index is 12.2. The molecule has 0 saturated heterocycles. The molecule has 0 aromatic heterocycles. The van der Waals surface area contributed by atoms with Crippen LogP contribution in [0.1, 0.15) is 25.8 Å². The number of carbonyl (C=O) groups excluding carboxylic acids is 1. The van der Waals surface area contributed by atoms with E-state index in [9.17, 15) is 9.90 Å². The molecule has 2 aromatic rings. The Kier molecular flexibility index (Phi) is 6.21. The van der Waals surface area contributed by atoms with Gasteiger partial charge in [-0.15, -0.1) is 0 Å². The van der Waals surface area contributed by atoms with E-state index in [1.165, 1.54) is 0 Å². The van der Waals surface area contributed by atoms with Crippen molar-refractivity contribution in [1.82, 2.24) is 5.32 Å². The van der Waals surface area contributed by atoms with Crippen molar-refractivity contribution in [2.24, 2.45) is 0 Å². The number of hydrogen-bond acceptors (Lipinski definition) is 3. The van der Waals surface area contributed by atoms with Gasteiger partial charge in [0.1, 0.15) is 12.4 Å². The number of aliphatic hydroxyl groups excluding tert-OH is 1. The van der Waals surface area contributed by atoms with Crippen molar-refractivity contribution < 1.29 is 14.6 Å². The number of carbonyl (C=O) groups is 1. The van der Waals surface area contributed by atoms with E-state index in [0.717, 1.165) is 11.3 Å². The van der Waals surface area contributed by atoms with Gasteiger partial charge in [-0.2, -0.15) is 0 Å². The first-order valence-corrected chi connectivity index (χ1v) is 8.02. The second kappa shape index (κ2) is 8.36. The minimum atomic E-state index is -0.639. The van der Waals surface area contributed by atoms with Gasteiger partial charge in [0.05, 0.1) is 12.1 Å². The average molecular weight is 328 g/mol. The Balaban J connectivity index is 2.02. The molecule has 0 heterocycles. The Hall–Kier alpha value is -2.53. The van der Waals surface area contributed by atoms with Crippen molar-refractivity contribution in [2.75, 3.05) is 11.9 Å². The predicted octanol–water partition coefficient (Wildman–Crippen LogP) is 3.55. The first kappa shape index (κ1) is 17.8. The van der Waals surface area contributed by atoms with Crippen LogP contribution in [0.2, 0.25) is 0 Å². The molecule has 128 valence electrons. The zero-order valence-electron chi connectivity index (χ0n) is 14.1. The van der Waals surface area contributed by atoms with Crippen LogP contribution in [-0.4, -0.2) is 23.3 Å². The first-order valence-electron chi connectivity index (χ1n) is 8.02. The van der Waals surface area contributed by atoms with Crippen molar-refractivity contribution >= 4 is 11.7 Å². The van der Waals surface area contributed by atoms with Gasteiger partial charge >= 0.3 is 6.03 Å². The van der Waals surface area contributed by atoms with Crippen molar-refractivity contribution in [1.29, 1.82) is 0 Å². The Morgan fingerprint density at radius 1 is 1.12 bits per heavy atom. The third-order valence-corrected chi connectivity index (χ3v) is 3.95. The fourth-order valence-corrected chi connectivity index (χ4v) is 2.11. The van der Waals surface area contributed by atoms with Crippen LogP contribution < -0.4 is 15.4 Å². The lowest BCUT2D eigenvalue weighted by Crippen LogP contribution is -2.50. The quantitative estimate of drug-likeness (QED) is 0.728. The summed E-state index contributed by atoms with van der Waals surface area (Å²) >= 11 is 0. The van der Waals surface area contributed by atoms with Gasteiger partial charge < -0.3 is 20.5 Å². The normalized spacial score (nSPS) is 13.0. The van der Waals surface area contributed by atoms with E-state index in [1.807, 2.05) is 61.5 Å². The highest BCUT2D eigenvalue weighted by Gasteiger charge is 2.23. The molecule has 1 atom stereocenters. The minimum absolute atomic E-state index is 0.115. The number of para-hydroxylation sites is 2. The van der Waals surface area contributed by atoms with Gasteiger partial charge in [-0.1, -0.05) is 43.3 Å². The average Bonchev–Trinajstić information content (AvgIpc) is 2.61. The highest BCUT2D eigenvalue weighted by atomic mass is 16.5. The molecule has 24 heavy (non-hydrogen) atoms. The highest BCUT2D eigenvalue weighted by molar-refractivity contribution is 5.90. The number of nitrogens with one attached hydrogen (secondary N) is 2. The van der Waals surface area contributed by atoms with Crippen LogP contribution in [0, 0.1) is 0 Å². The summed E-state index contributed by atoms with van der Waals surface area (Å²) in [5.41, 5.74) is 0.917. The lowest BCUT2D eigenvalue weighted by atomic mass is 10.0. The van der Waals surface area contributed by atoms with E-state index < -0.39 is 5.54 Å². The van der Waals surface area contributed by atoms with Gasteiger partial charge in [0, 0.05) is 11.3 Å². The SMILES string of the molecule is CCC(C)(CO)NC(=O)Nc1ccccc1COc1ccccc1. The summed E-state index contributed by atoms with van der Waals surface area (Å²) in [6.45, 7) is 3.95. The molecule has 0 aliphatic heterocycles. The number of rotatable bonds is 7. The Bertz CT molecular complexity index is 655. The van der Waals surface area contributed by atoms with Crippen LogP contribution >= 0.6 is 0 Å². The highest BCUT2D eigenvalue weighted by Crippen LogP contribution is 2.19. The second-order valence-electron chi connectivity index (χ2n) is 5.91. The Morgan fingerprint density at radius 2 is 1.79 bits per heavy atom. The van der Waals surface area contributed by atoms with Gasteiger partial charge in [-0.05, 0) is 31.5 Å². The van der Waals surface area contributed by atoms with Crippen LogP contribution in [-0.2, 0) is 6.61 Å². The summed E-state index contributed by atoms with van der Waals surface area (Å²) < 4.78 is 5.75. The smallest absolute Gasteiger partial charge is 0.319 e. The molecule has 0 fully saturated rings. The molecule has 2 rings (SSSR count). The number of ether oxygens (including phenoxy) is 1. The van der Waals surface area contributed by atoms with E-state index in [4.69, 9.17) is 4.74 Å². The Morgan fingerprint density at radius 3 is 2.46 bits per heavy atom. The molecule has 2 aromatic carbocycles. The van der Waals surface area contributed by atoms with Crippen molar-refractivity contribution in [3.8, 4) is 5.75 Å². The topological polar surface area (TPSA) is 70.6 Å². The summed E-state index contributed by atoms with van der Waals surface area (Å²) in [5.74, 6) is 0.774. The summed E-state index contributed by atoms with van der Waals surface area (Å²) in [6, 6.07) is 16.7. The molecule has 5 nitrogen and oxygen atoms in total. The monoisotopic (exact) mass is 328 g/mol. The van der Waals surface area contributed by atoms with Crippen molar-refractivity contribution in [3.05, 3.63) is 60.2 Å². The van der Waals surface area contributed by atoms with E-state index in [0.29, 0.717) is 18.7 Å². The number of hydrogen-bond donors (Lipinski definition) is 3. The van der Waals surface area contributed by atoms with E-state index in [2.05, 4.69) is 10.6 Å². The predicted molar refractivity (Wildman–Crippen MR) is 95.2 cm³/mol. The number of anilines is 1. The molecule has 0 aliphatic rings. The largest absolute Gasteiger partial charge is 0.489 e. The lowest BCUT2D eigenvalue weighted by Gasteiger charge is -2.27. The number of aliphatic hydroxyl groups is 1. The molecule has 1 unspecified atom stereocenters. The zero-order chi connectivity index (χ0) is 17.4. The Labute approximate surface area is 142 Å². The maximum Gasteiger partial charge on any atom is 0.319 e. The molecule has 0 saturated carbocycles. The van der Waals surface area contributed by atoms with E-state index in [1.54, 1.807) is 6.92 Å². The molecule has 3 N–H and O–H groups in total. The fourth-order valence-electron chi connectivity index (χ4n) is 2.11. The summed E-state index contributed by atoms with van der Waals surface area (Å²) in [6.07, 6.45) is 0.635. The standard InChI is InChI=1S/C19H24N2O3/c1-3-19(2,14-22)21-18(23)20-17-12-8-7-9-15(17)13-24-16-10-5-4-6-11-16/h4-12,22H,3,13-14H2,1-2H3,(H2,20,21,23). The van der Waals surface area contributed by atoms with Gasteiger partial charge in [0.15, 0.2) is 0 Å². The molecule has 0 aliphatic carbocycles. The minimum Gasteiger partial charge on any atom is -0.489 e. The fraction of sp³-hybridized carbons (Fsp3) is 0.316. The van der Waals surface area contributed by atoms with Gasteiger partial charge in [-0.25, -0.2) is 4.79 Å². The van der Waals surface area contributed by atoms with Crippen molar-refractivity contribution in [2.45, 2.75) is 32.4 Å². The molecule has 0 radical (unpaired) electrons. The first-order chi connectivity index (χ1) is 11.6. The number of urea groups is 1. The molecule has 2 amide bonds. The van der Waals surface area contributed by atoms with Gasteiger partial charge in [0.25, 0.3) is 0 Å². The molecule has 0 bridgehead atoms. The molecular weight excluding hydrogens is 304 g/mol. The number of amides is 2. The second-order valence-corrected chi connectivity index (χ2v) is 5.91. The van der Waals surface area contributed by atoms with E-state index >= 15 is 0 Å². The van der Waals surface area contributed by atoms with Crippen LogP contribution in [0.5, 0.6) is 5.75 Å². The third-order valence-electron chi connectivity index (χ3n) is 3.95. The van der Waals surface area contributed by atoms with Crippen LogP contribution in [0.4, 0.5) is 10.5 Å². The number of benzene rings is 2. The van der Waals surface area contributed by atoms with E-state index in [-0.39, 0.29) is 12.6 Å².